The van der Waals surface area contributed by atoms with E-state index in [0.717, 1.165) is 5.56 Å². The van der Waals surface area contributed by atoms with E-state index in [2.05, 4.69) is 21.5 Å². The van der Waals surface area contributed by atoms with Crippen molar-refractivity contribution in [1.82, 2.24) is 19.5 Å². The number of imidazole rings is 1. The second kappa shape index (κ2) is 10.2. The molecule has 0 unspecified atom stereocenters. The lowest BCUT2D eigenvalue weighted by atomic mass is 10.1. The van der Waals surface area contributed by atoms with Gasteiger partial charge in [-0.3, -0.25) is 4.57 Å². The first-order valence-electron chi connectivity index (χ1n) is 10.9. The van der Waals surface area contributed by atoms with Crippen LogP contribution in [0.4, 0.5) is 4.39 Å². The Morgan fingerprint density at radius 1 is 1.06 bits per heavy atom. The van der Waals surface area contributed by atoms with Crippen LogP contribution >= 0.6 is 23.2 Å². The van der Waals surface area contributed by atoms with E-state index in [-0.39, 0.29) is 33.8 Å². The van der Waals surface area contributed by atoms with Gasteiger partial charge in [0.15, 0.2) is 29.3 Å². The summed E-state index contributed by atoms with van der Waals surface area (Å²) in [6.07, 6.45) is -3.98. The lowest BCUT2D eigenvalue weighted by molar-refractivity contribution is -0.0505. The smallest absolute Gasteiger partial charge is 0.338 e. The molecule has 36 heavy (non-hydrogen) atoms. The Morgan fingerprint density at radius 3 is 2.42 bits per heavy atom. The number of hydrogen-bond acceptors (Lipinski definition) is 7. The van der Waals surface area contributed by atoms with Crippen LogP contribution in [0.2, 0.25) is 10.4 Å². The highest BCUT2D eigenvalue weighted by Crippen LogP contribution is 2.37. The zero-order valence-electron chi connectivity index (χ0n) is 18.6. The zero-order chi connectivity index (χ0) is 25.2. The largest absolute Gasteiger partial charge is 0.491 e. The first-order valence-corrected chi connectivity index (χ1v) is 11.7. The Kier molecular flexibility index (Phi) is 6.86. The number of hydrogen-bond donors (Lipinski definition) is 0. The minimum absolute atomic E-state index is 0.0169. The zero-order valence-corrected chi connectivity index (χ0v) is 20.1. The van der Waals surface area contributed by atoms with Gasteiger partial charge >= 0.3 is 5.97 Å². The molecular formula is C25H19Cl2FN4O4. The number of nitrogens with zero attached hydrogens (tertiary/aromatic N) is 4. The Balaban J connectivity index is 1.42. The molecule has 5 rings (SSSR count). The molecular weight excluding hydrogens is 510 g/mol. The van der Waals surface area contributed by atoms with Crippen molar-refractivity contribution < 1.29 is 23.4 Å². The van der Waals surface area contributed by atoms with E-state index in [0.29, 0.717) is 5.76 Å². The Bertz CT molecular complexity index is 1400. The van der Waals surface area contributed by atoms with Gasteiger partial charge < -0.3 is 14.2 Å². The molecule has 0 saturated carbocycles. The molecule has 0 bridgehead atoms. The highest BCUT2D eigenvalue weighted by molar-refractivity contribution is 6.35. The fourth-order valence-electron chi connectivity index (χ4n) is 3.89. The van der Waals surface area contributed by atoms with Gasteiger partial charge in [-0.15, -0.1) is 0 Å². The van der Waals surface area contributed by atoms with Crippen LogP contribution in [0.15, 0.2) is 73.6 Å². The first-order chi connectivity index (χ1) is 17.4. The van der Waals surface area contributed by atoms with Crippen molar-refractivity contribution in [3.05, 3.63) is 95.1 Å². The molecule has 2 aromatic carbocycles. The minimum atomic E-state index is -1.79. The van der Waals surface area contributed by atoms with Crippen molar-refractivity contribution in [1.29, 1.82) is 0 Å². The molecule has 0 radical (unpaired) electrons. The summed E-state index contributed by atoms with van der Waals surface area (Å²) in [5, 5.41) is -0.114. The maximum absolute atomic E-state index is 15.9. The third-order valence-electron chi connectivity index (χ3n) is 5.66. The van der Waals surface area contributed by atoms with Gasteiger partial charge in [0.05, 0.1) is 11.9 Å². The summed E-state index contributed by atoms with van der Waals surface area (Å²) < 4.78 is 34.6. The van der Waals surface area contributed by atoms with E-state index in [1.54, 1.807) is 30.3 Å². The Labute approximate surface area is 215 Å². The van der Waals surface area contributed by atoms with E-state index < -0.39 is 30.6 Å². The molecule has 11 heteroatoms. The summed E-state index contributed by atoms with van der Waals surface area (Å²) >= 11 is 12.1. The SMILES string of the molecule is C=C(OC[C@H]1O[C@@H](n2cnc3c(Cl)nc(Cl)nc32)[C@@H](F)[C@H]1OC(=O)c1ccccc1)c1ccccc1. The lowest BCUT2D eigenvalue weighted by Gasteiger charge is -2.20. The number of carbonyl (C=O) groups is 1. The van der Waals surface area contributed by atoms with Gasteiger partial charge in [-0.1, -0.05) is 66.7 Å². The molecule has 184 valence electrons. The van der Waals surface area contributed by atoms with Gasteiger partial charge in [0, 0.05) is 5.56 Å². The first kappa shape index (κ1) is 24.2. The van der Waals surface area contributed by atoms with E-state index in [1.165, 1.54) is 10.9 Å². The Hall–Kier alpha value is -3.53. The number of ether oxygens (including phenoxy) is 3. The number of carbonyl (C=O) groups excluding carboxylic acids is 1. The van der Waals surface area contributed by atoms with Crippen LogP contribution < -0.4 is 0 Å². The fourth-order valence-corrected chi connectivity index (χ4v) is 4.31. The van der Waals surface area contributed by atoms with Gasteiger partial charge in [-0.05, 0) is 23.7 Å². The summed E-state index contributed by atoms with van der Waals surface area (Å²) in [7, 11) is 0. The molecule has 0 N–H and O–H groups in total. The molecule has 1 aliphatic rings. The molecule has 1 aliphatic heterocycles. The van der Waals surface area contributed by atoms with Crippen LogP contribution in [-0.2, 0) is 14.2 Å². The van der Waals surface area contributed by atoms with Crippen molar-refractivity contribution in [2.24, 2.45) is 0 Å². The molecule has 0 aliphatic carbocycles. The third-order valence-corrected chi connectivity index (χ3v) is 6.10. The number of alkyl halides is 1. The summed E-state index contributed by atoms with van der Waals surface area (Å²) in [5.74, 6) is -0.325. The molecule has 8 nitrogen and oxygen atoms in total. The lowest BCUT2D eigenvalue weighted by Crippen LogP contribution is -2.36. The second-order valence-corrected chi connectivity index (χ2v) is 8.65. The number of esters is 1. The molecule has 1 saturated heterocycles. The van der Waals surface area contributed by atoms with E-state index in [4.69, 9.17) is 37.4 Å². The van der Waals surface area contributed by atoms with Crippen LogP contribution in [0.1, 0.15) is 22.1 Å². The van der Waals surface area contributed by atoms with Gasteiger partial charge in [-0.2, -0.15) is 4.98 Å². The van der Waals surface area contributed by atoms with Crippen LogP contribution in [0.3, 0.4) is 0 Å². The van der Waals surface area contributed by atoms with Gasteiger partial charge in [0.25, 0.3) is 0 Å². The van der Waals surface area contributed by atoms with Gasteiger partial charge in [0.2, 0.25) is 5.28 Å². The Morgan fingerprint density at radius 2 is 1.72 bits per heavy atom. The maximum atomic E-state index is 15.9. The number of rotatable bonds is 7. The monoisotopic (exact) mass is 528 g/mol. The second-order valence-electron chi connectivity index (χ2n) is 7.95. The van der Waals surface area contributed by atoms with Crippen molar-refractivity contribution in [2.75, 3.05) is 6.61 Å². The predicted molar refractivity (Wildman–Crippen MR) is 131 cm³/mol. The topological polar surface area (TPSA) is 88.4 Å². The number of halogens is 3. The van der Waals surface area contributed by atoms with Crippen molar-refractivity contribution >= 4 is 46.1 Å². The normalized spacial score (nSPS) is 21.4. The molecule has 4 atom stereocenters. The summed E-state index contributed by atoms with van der Waals surface area (Å²) in [5.41, 5.74) is 1.44. The highest BCUT2D eigenvalue weighted by atomic mass is 35.5. The van der Waals surface area contributed by atoms with E-state index in [9.17, 15) is 4.79 Å². The van der Waals surface area contributed by atoms with Gasteiger partial charge in [0.1, 0.15) is 24.0 Å². The standard InChI is InChI=1S/C25H19Cl2FN4O4/c1-14(15-8-4-2-5-9-15)34-12-17-20(36-24(33)16-10-6-3-7-11-16)18(28)23(35-17)32-13-29-19-21(26)30-25(27)31-22(19)32/h2-11,13,17-18,20,23H,1,12H2/t17-,18+,20+,23-/m1/s1. The molecule has 4 aromatic rings. The van der Waals surface area contributed by atoms with E-state index in [1.807, 2.05) is 30.3 Å². The van der Waals surface area contributed by atoms with Crippen molar-refractivity contribution in [3.8, 4) is 0 Å². The summed E-state index contributed by atoms with van der Waals surface area (Å²) in [6.45, 7) is 3.80. The molecule has 3 heterocycles. The van der Waals surface area contributed by atoms with Crippen LogP contribution in [0.5, 0.6) is 0 Å². The summed E-state index contributed by atoms with van der Waals surface area (Å²) in [4.78, 5) is 24.9. The van der Waals surface area contributed by atoms with Crippen LogP contribution in [0.25, 0.3) is 16.9 Å². The molecule has 2 aromatic heterocycles. The number of fused-ring (bicyclic) bond motifs is 1. The third kappa shape index (κ3) is 4.77. The van der Waals surface area contributed by atoms with Gasteiger partial charge in [-0.25, -0.2) is 19.2 Å². The van der Waals surface area contributed by atoms with Crippen LogP contribution in [-0.4, -0.2) is 50.5 Å². The molecule has 0 amide bonds. The predicted octanol–water partition coefficient (Wildman–Crippen LogP) is 5.28. The highest BCUT2D eigenvalue weighted by Gasteiger charge is 2.49. The quantitative estimate of drug-likeness (QED) is 0.139. The fraction of sp³-hybridized carbons (Fsp3) is 0.200. The average molecular weight is 529 g/mol. The van der Waals surface area contributed by atoms with E-state index >= 15 is 4.39 Å². The van der Waals surface area contributed by atoms with Crippen molar-refractivity contribution in [3.63, 3.8) is 0 Å². The van der Waals surface area contributed by atoms with Crippen molar-refractivity contribution in [2.45, 2.75) is 24.6 Å². The number of benzene rings is 2. The van der Waals surface area contributed by atoms with Crippen LogP contribution in [0, 0.1) is 0 Å². The minimum Gasteiger partial charge on any atom is -0.491 e. The summed E-state index contributed by atoms with van der Waals surface area (Å²) in [6, 6.07) is 17.5. The average Bonchev–Trinajstić information content (AvgIpc) is 3.44. The number of aromatic nitrogens is 4. The molecule has 1 fully saturated rings. The maximum Gasteiger partial charge on any atom is 0.338 e. The molecule has 0 spiro atoms.